The Morgan fingerprint density at radius 3 is 2.75 bits per heavy atom. The van der Waals surface area contributed by atoms with Crippen molar-refractivity contribution in [1.29, 1.82) is 0 Å². The molecule has 1 aliphatic rings. The van der Waals surface area contributed by atoms with Crippen molar-refractivity contribution in [3.05, 3.63) is 28.7 Å². The monoisotopic (exact) mass is 340 g/mol. The molecule has 1 fully saturated rings. The first-order valence-electron chi connectivity index (χ1n) is 6.62. The van der Waals surface area contributed by atoms with E-state index in [4.69, 9.17) is 4.74 Å². The molecule has 1 aliphatic carbocycles. The smallest absolute Gasteiger partial charge is 0.321 e. The van der Waals surface area contributed by atoms with Crippen molar-refractivity contribution in [3.8, 4) is 5.75 Å². The molecule has 0 spiro atoms. The Labute approximate surface area is 126 Å². The predicted molar refractivity (Wildman–Crippen MR) is 78.6 cm³/mol. The Bertz CT molecular complexity index is 487. The minimum Gasteiger partial charge on any atom is -0.484 e. The van der Waals surface area contributed by atoms with Crippen molar-refractivity contribution >= 4 is 27.9 Å². The van der Waals surface area contributed by atoms with Crippen LogP contribution < -0.4 is 15.4 Å². The number of amides is 3. The number of hydrogen-bond donors (Lipinski definition) is 2. The summed E-state index contributed by atoms with van der Waals surface area (Å²) in [7, 11) is 0. The highest BCUT2D eigenvalue weighted by Crippen LogP contribution is 2.18. The van der Waals surface area contributed by atoms with Gasteiger partial charge in [-0.3, -0.25) is 10.1 Å². The third kappa shape index (κ3) is 4.85. The molecule has 6 heteroatoms. The topological polar surface area (TPSA) is 67.4 Å². The molecule has 1 saturated carbocycles. The number of urea groups is 1. The molecule has 2 rings (SSSR count). The molecular formula is C14H17BrN2O3. The third-order valence-electron chi connectivity index (χ3n) is 3.11. The highest BCUT2D eigenvalue weighted by molar-refractivity contribution is 9.10. The molecule has 5 nitrogen and oxygen atoms in total. The van der Waals surface area contributed by atoms with Crippen LogP contribution in [-0.4, -0.2) is 24.6 Å². The summed E-state index contributed by atoms with van der Waals surface area (Å²) in [6.45, 7) is -0.186. The van der Waals surface area contributed by atoms with Crippen LogP contribution in [0, 0.1) is 0 Å². The lowest BCUT2D eigenvalue weighted by atomic mass is 10.2. The molecule has 0 radical (unpaired) electrons. The van der Waals surface area contributed by atoms with Gasteiger partial charge >= 0.3 is 6.03 Å². The van der Waals surface area contributed by atoms with E-state index >= 15 is 0 Å². The van der Waals surface area contributed by atoms with Gasteiger partial charge in [-0.2, -0.15) is 0 Å². The van der Waals surface area contributed by atoms with Crippen molar-refractivity contribution < 1.29 is 14.3 Å². The lowest BCUT2D eigenvalue weighted by Gasteiger charge is -2.12. The fourth-order valence-electron chi connectivity index (χ4n) is 2.16. The van der Waals surface area contributed by atoms with Crippen molar-refractivity contribution in [3.63, 3.8) is 0 Å². The third-order valence-corrected chi connectivity index (χ3v) is 3.60. The van der Waals surface area contributed by atoms with Crippen LogP contribution in [0.1, 0.15) is 25.7 Å². The molecule has 0 saturated heterocycles. The van der Waals surface area contributed by atoms with Gasteiger partial charge < -0.3 is 10.1 Å². The van der Waals surface area contributed by atoms with Gasteiger partial charge in [-0.05, 0) is 31.0 Å². The molecule has 0 heterocycles. The van der Waals surface area contributed by atoms with Crippen molar-refractivity contribution in [1.82, 2.24) is 10.6 Å². The van der Waals surface area contributed by atoms with Gasteiger partial charge in [-0.25, -0.2) is 4.79 Å². The summed E-state index contributed by atoms with van der Waals surface area (Å²) in [4.78, 5) is 23.1. The van der Waals surface area contributed by atoms with Gasteiger partial charge in [0, 0.05) is 10.5 Å². The Hall–Kier alpha value is -1.56. The summed E-state index contributed by atoms with van der Waals surface area (Å²) in [6, 6.07) is 6.92. The molecule has 0 aromatic heterocycles. The largest absolute Gasteiger partial charge is 0.484 e. The summed E-state index contributed by atoms with van der Waals surface area (Å²) in [5.41, 5.74) is 0. The number of ether oxygens (including phenoxy) is 1. The molecule has 20 heavy (non-hydrogen) atoms. The van der Waals surface area contributed by atoms with Gasteiger partial charge in [0.05, 0.1) is 0 Å². The standard InChI is InChI=1S/C14H17BrN2O3/c15-10-4-3-7-12(8-10)20-9-13(18)17-14(19)16-11-5-1-2-6-11/h3-4,7-8,11H,1-2,5-6,9H2,(H2,16,17,18,19). The average molecular weight is 341 g/mol. The first-order chi connectivity index (χ1) is 9.63. The van der Waals surface area contributed by atoms with Gasteiger partial charge in [0.1, 0.15) is 5.75 Å². The van der Waals surface area contributed by atoms with Crippen molar-refractivity contribution in [2.24, 2.45) is 0 Å². The molecule has 1 aromatic carbocycles. The number of rotatable bonds is 4. The van der Waals surface area contributed by atoms with Crippen LogP contribution in [0.15, 0.2) is 28.7 Å². The Morgan fingerprint density at radius 2 is 2.05 bits per heavy atom. The Kier molecular flexibility index (Phi) is 5.40. The molecule has 108 valence electrons. The van der Waals surface area contributed by atoms with E-state index in [0.29, 0.717) is 5.75 Å². The van der Waals surface area contributed by atoms with E-state index in [1.54, 1.807) is 12.1 Å². The summed E-state index contributed by atoms with van der Waals surface area (Å²) in [5, 5.41) is 5.05. The lowest BCUT2D eigenvalue weighted by molar-refractivity contribution is -0.122. The van der Waals surface area contributed by atoms with Crippen molar-refractivity contribution in [2.75, 3.05) is 6.61 Å². The highest BCUT2D eigenvalue weighted by Gasteiger charge is 2.18. The van der Waals surface area contributed by atoms with Crippen LogP contribution in [0.3, 0.4) is 0 Å². The fraction of sp³-hybridized carbons (Fsp3) is 0.429. The van der Waals surface area contributed by atoms with E-state index in [0.717, 1.165) is 30.2 Å². The Morgan fingerprint density at radius 1 is 1.30 bits per heavy atom. The number of benzene rings is 1. The van der Waals surface area contributed by atoms with Crippen LogP contribution in [0.25, 0.3) is 0 Å². The van der Waals surface area contributed by atoms with E-state index in [-0.39, 0.29) is 12.6 Å². The quantitative estimate of drug-likeness (QED) is 0.885. The van der Waals surface area contributed by atoms with Crippen LogP contribution >= 0.6 is 15.9 Å². The van der Waals surface area contributed by atoms with Crippen LogP contribution in [0.4, 0.5) is 4.79 Å². The second-order valence-corrected chi connectivity index (χ2v) is 5.66. The predicted octanol–water partition coefficient (Wildman–Crippen LogP) is 2.60. The van der Waals surface area contributed by atoms with Gasteiger partial charge in [0.2, 0.25) is 0 Å². The molecule has 0 unspecified atom stereocenters. The second kappa shape index (κ2) is 7.28. The summed E-state index contributed by atoms with van der Waals surface area (Å²) < 4.78 is 6.17. The second-order valence-electron chi connectivity index (χ2n) is 4.75. The molecule has 0 bridgehead atoms. The molecule has 1 aromatic rings. The first kappa shape index (κ1) is 14.8. The summed E-state index contributed by atoms with van der Waals surface area (Å²) in [5.74, 6) is 0.117. The number of halogens is 1. The zero-order chi connectivity index (χ0) is 14.4. The fourth-order valence-corrected chi connectivity index (χ4v) is 2.54. The van der Waals surface area contributed by atoms with Gasteiger partial charge in [-0.15, -0.1) is 0 Å². The summed E-state index contributed by atoms with van der Waals surface area (Å²) in [6.07, 6.45) is 4.22. The van der Waals surface area contributed by atoms with Gasteiger partial charge in [0.15, 0.2) is 6.61 Å². The zero-order valence-electron chi connectivity index (χ0n) is 11.0. The molecule has 2 N–H and O–H groups in total. The van der Waals surface area contributed by atoms with E-state index < -0.39 is 11.9 Å². The minimum atomic E-state index is -0.458. The number of carbonyl (C=O) groups is 2. The lowest BCUT2D eigenvalue weighted by Crippen LogP contribution is -2.45. The maximum atomic E-state index is 11.6. The van der Waals surface area contributed by atoms with E-state index in [2.05, 4.69) is 26.6 Å². The molecule has 0 aliphatic heterocycles. The van der Waals surface area contributed by atoms with Crippen LogP contribution in [0.2, 0.25) is 0 Å². The first-order valence-corrected chi connectivity index (χ1v) is 7.41. The summed E-state index contributed by atoms with van der Waals surface area (Å²) >= 11 is 3.31. The van der Waals surface area contributed by atoms with Crippen LogP contribution in [0.5, 0.6) is 5.75 Å². The van der Waals surface area contributed by atoms with E-state index in [9.17, 15) is 9.59 Å². The number of imide groups is 1. The molecule has 3 amide bonds. The normalized spacial score (nSPS) is 14.8. The Balaban J connectivity index is 1.70. The van der Waals surface area contributed by atoms with E-state index in [1.165, 1.54) is 0 Å². The number of carbonyl (C=O) groups excluding carboxylic acids is 2. The molecular weight excluding hydrogens is 324 g/mol. The zero-order valence-corrected chi connectivity index (χ0v) is 12.6. The van der Waals surface area contributed by atoms with Crippen molar-refractivity contribution in [2.45, 2.75) is 31.7 Å². The van der Waals surface area contributed by atoms with E-state index in [1.807, 2.05) is 12.1 Å². The van der Waals surface area contributed by atoms with Gasteiger partial charge in [-0.1, -0.05) is 34.8 Å². The minimum absolute atomic E-state index is 0.186. The van der Waals surface area contributed by atoms with Gasteiger partial charge in [0.25, 0.3) is 5.91 Å². The SMILES string of the molecule is O=C(COc1cccc(Br)c1)NC(=O)NC1CCCC1. The maximum Gasteiger partial charge on any atom is 0.321 e. The van der Waals surface area contributed by atoms with Crippen LogP contribution in [-0.2, 0) is 4.79 Å². The maximum absolute atomic E-state index is 11.6. The number of hydrogen-bond acceptors (Lipinski definition) is 3. The average Bonchev–Trinajstić information content (AvgIpc) is 2.89. The highest BCUT2D eigenvalue weighted by atomic mass is 79.9. The molecule has 0 atom stereocenters. The number of nitrogens with one attached hydrogen (secondary N) is 2.